The van der Waals surface area contributed by atoms with E-state index in [1.54, 1.807) is 55.9 Å². The Morgan fingerprint density at radius 1 is 1.15 bits per heavy atom. The van der Waals surface area contributed by atoms with Crippen LogP contribution in [0.3, 0.4) is 0 Å². The van der Waals surface area contributed by atoms with Gasteiger partial charge in [0, 0.05) is 5.02 Å². The minimum atomic E-state index is -0.709. The number of benzene rings is 3. The molecule has 1 atom stereocenters. The Labute approximate surface area is 254 Å². The Kier molecular flexibility index (Phi) is 8.77. The fourth-order valence-corrected chi connectivity index (χ4v) is 6.34. The number of carbonyl (C=O) groups excluding carboxylic acids is 1. The largest absolute Gasteiger partial charge is 0.493 e. The van der Waals surface area contributed by atoms with Gasteiger partial charge in [0.25, 0.3) is 5.56 Å². The van der Waals surface area contributed by atoms with E-state index < -0.39 is 12.0 Å². The summed E-state index contributed by atoms with van der Waals surface area (Å²) < 4.78 is 19.7. The number of carbonyl (C=O) groups is 1. The number of fused-ring (bicyclic) bond motifs is 1. The molecule has 0 saturated carbocycles. The van der Waals surface area contributed by atoms with Gasteiger partial charge in [-0.3, -0.25) is 9.36 Å². The molecule has 7 nitrogen and oxygen atoms in total. The zero-order chi connectivity index (χ0) is 29.1. The normalized spacial score (nSPS) is 14.9. The SMILES string of the molecule is CCOC(=O)C1=C(C)N=c2s/c(=C\c3cc(Br)c(OCc4ccccc4)c(OC)c3)c(=O)n2[C@H]1c1ccc(Cl)cc1. The van der Waals surface area contributed by atoms with Gasteiger partial charge >= 0.3 is 5.97 Å². The van der Waals surface area contributed by atoms with Gasteiger partial charge in [-0.05, 0) is 76.8 Å². The molecule has 5 rings (SSSR count). The Morgan fingerprint density at radius 3 is 2.56 bits per heavy atom. The summed E-state index contributed by atoms with van der Waals surface area (Å²) in [4.78, 5) is 32.0. The molecule has 0 unspecified atom stereocenters. The molecule has 3 aromatic carbocycles. The lowest BCUT2D eigenvalue weighted by molar-refractivity contribution is -0.139. The highest BCUT2D eigenvalue weighted by atomic mass is 79.9. The van der Waals surface area contributed by atoms with Crippen LogP contribution in [-0.2, 0) is 16.1 Å². The lowest BCUT2D eigenvalue weighted by atomic mass is 9.96. The van der Waals surface area contributed by atoms with Gasteiger partial charge < -0.3 is 14.2 Å². The molecule has 1 aromatic heterocycles. The van der Waals surface area contributed by atoms with Crippen LogP contribution in [0.15, 0.2) is 92.3 Å². The Hall–Kier alpha value is -3.66. The van der Waals surface area contributed by atoms with E-state index in [0.29, 0.717) is 48.2 Å². The van der Waals surface area contributed by atoms with Crippen LogP contribution in [0.4, 0.5) is 0 Å². The van der Waals surface area contributed by atoms with Crippen molar-refractivity contribution in [2.24, 2.45) is 4.99 Å². The Balaban J connectivity index is 1.58. The number of methoxy groups -OCH3 is 1. The first-order valence-corrected chi connectivity index (χ1v) is 14.8. The molecule has 0 bridgehead atoms. The molecule has 41 heavy (non-hydrogen) atoms. The van der Waals surface area contributed by atoms with Crippen LogP contribution >= 0.6 is 38.9 Å². The smallest absolute Gasteiger partial charge is 0.338 e. The van der Waals surface area contributed by atoms with Crippen LogP contribution < -0.4 is 24.4 Å². The second kappa shape index (κ2) is 12.5. The van der Waals surface area contributed by atoms with Gasteiger partial charge in [0.2, 0.25) is 0 Å². The van der Waals surface area contributed by atoms with E-state index in [4.69, 9.17) is 25.8 Å². The van der Waals surface area contributed by atoms with Gasteiger partial charge in [-0.2, -0.15) is 0 Å². The highest BCUT2D eigenvalue weighted by Crippen LogP contribution is 2.37. The van der Waals surface area contributed by atoms with Crippen LogP contribution in [0.5, 0.6) is 11.5 Å². The molecule has 0 fully saturated rings. The van der Waals surface area contributed by atoms with Crippen molar-refractivity contribution in [3.63, 3.8) is 0 Å². The number of hydrogen-bond acceptors (Lipinski definition) is 7. The third-order valence-corrected chi connectivity index (χ3v) is 8.30. The second-order valence-electron chi connectivity index (χ2n) is 9.16. The summed E-state index contributed by atoms with van der Waals surface area (Å²) in [6, 6.07) is 19.9. The fraction of sp³-hybridized carbons (Fsp3) is 0.194. The molecule has 2 heterocycles. The topological polar surface area (TPSA) is 79.1 Å². The molecule has 1 aliphatic rings. The lowest BCUT2D eigenvalue weighted by Crippen LogP contribution is -2.39. The van der Waals surface area contributed by atoms with Gasteiger partial charge in [-0.25, -0.2) is 9.79 Å². The number of esters is 1. The maximum Gasteiger partial charge on any atom is 0.338 e. The molecule has 10 heteroatoms. The number of nitrogens with zero attached hydrogens (tertiary/aromatic N) is 2. The fourth-order valence-electron chi connectivity index (χ4n) is 4.60. The number of halogens is 2. The van der Waals surface area contributed by atoms with Crippen molar-refractivity contribution in [3.05, 3.63) is 124 Å². The predicted octanol–water partition coefficient (Wildman–Crippen LogP) is 5.80. The van der Waals surface area contributed by atoms with Gasteiger partial charge in [-0.15, -0.1) is 0 Å². The van der Waals surface area contributed by atoms with E-state index in [1.807, 2.05) is 42.5 Å². The van der Waals surface area contributed by atoms with Crippen LogP contribution in [0.25, 0.3) is 6.08 Å². The summed E-state index contributed by atoms with van der Waals surface area (Å²) in [5, 5.41) is 0.551. The van der Waals surface area contributed by atoms with Crippen LogP contribution in [0.2, 0.25) is 5.02 Å². The zero-order valence-electron chi connectivity index (χ0n) is 22.5. The van der Waals surface area contributed by atoms with Crippen LogP contribution in [0, 0.1) is 0 Å². The summed E-state index contributed by atoms with van der Waals surface area (Å²) in [5.41, 5.74) is 3.03. The van der Waals surface area contributed by atoms with E-state index in [-0.39, 0.29) is 12.2 Å². The molecule has 0 saturated heterocycles. The first-order valence-electron chi connectivity index (χ1n) is 12.8. The first-order chi connectivity index (χ1) is 19.8. The van der Waals surface area contributed by atoms with Crippen molar-refractivity contribution < 1.29 is 19.0 Å². The average Bonchev–Trinajstić information content (AvgIpc) is 3.26. The highest BCUT2D eigenvalue weighted by molar-refractivity contribution is 9.10. The maximum atomic E-state index is 13.9. The number of rotatable bonds is 8. The third kappa shape index (κ3) is 6.02. The lowest BCUT2D eigenvalue weighted by Gasteiger charge is -2.24. The molecular weight excluding hydrogens is 628 g/mol. The molecule has 0 radical (unpaired) electrons. The maximum absolute atomic E-state index is 13.9. The van der Waals surface area contributed by atoms with E-state index in [1.165, 1.54) is 11.3 Å². The summed E-state index contributed by atoms with van der Waals surface area (Å²) in [6.07, 6.45) is 1.78. The molecule has 4 aromatic rings. The summed E-state index contributed by atoms with van der Waals surface area (Å²) in [7, 11) is 1.57. The van der Waals surface area contributed by atoms with Crippen LogP contribution in [-0.4, -0.2) is 24.3 Å². The minimum Gasteiger partial charge on any atom is -0.493 e. The second-order valence-corrected chi connectivity index (χ2v) is 11.5. The monoisotopic (exact) mass is 652 g/mol. The van der Waals surface area contributed by atoms with Crippen molar-refractivity contribution in [1.82, 2.24) is 4.57 Å². The first kappa shape index (κ1) is 28.9. The van der Waals surface area contributed by atoms with Crippen molar-refractivity contribution in [3.8, 4) is 11.5 Å². The van der Waals surface area contributed by atoms with E-state index in [9.17, 15) is 9.59 Å². The summed E-state index contributed by atoms with van der Waals surface area (Å²) >= 11 is 11.0. The average molecular weight is 654 g/mol. The number of allylic oxidation sites excluding steroid dienone is 1. The van der Waals surface area contributed by atoms with Crippen LogP contribution in [0.1, 0.15) is 36.6 Å². The van der Waals surface area contributed by atoms with Crippen molar-refractivity contribution in [2.45, 2.75) is 26.5 Å². The highest BCUT2D eigenvalue weighted by Gasteiger charge is 2.33. The van der Waals surface area contributed by atoms with Crippen molar-refractivity contribution in [1.29, 1.82) is 0 Å². The zero-order valence-corrected chi connectivity index (χ0v) is 25.7. The molecule has 0 amide bonds. The van der Waals surface area contributed by atoms with Gasteiger partial charge in [0.15, 0.2) is 16.3 Å². The van der Waals surface area contributed by atoms with Gasteiger partial charge in [-0.1, -0.05) is 65.4 Å². The molecular formula is C31H26BrClN2O5S. The quantitative estimate of drug-likeness (QED) is 0.225. The minimum absolute atomic E-state index is 0.204. The van der Waals surface area contributed by atoms with Gasteiger partial charge in [0.05, 0.1) is 40.0 Å². The van der Waals surface area contributed by atoms with E-state index in [0.717, 1.165) is 16.7 Å². The molecule has 1 aliphatic heterocycles. The van der Waals surface area contributed by atoms with Crippen molar-refractivity contribution >= 4 is 50.9 Å². The molecule has 210 valence electrons. The Bertz CT molecular complexity index is 1810. The molecule has 0 aliphatic carbocycles. The Morgan fingerprint density at radius 2 is 1.88 bits per heavy atom. The standard InChI is InChI=1S/C31H26BrClN2O5S/c1-4-39-30(37)26-18(2)34-31-35(27(26)21-10-12-22(33)13-11-21)29(36)25(41-31)16-20-14-23(32)28(24(15-20)38-3)40-17-19-8-6-5-7-9-19/h5-16,27H,4,17H2,1-3H3/b25-16-/t27-/m0/s1. The van der Waals surface area contributed by atoms with E-state index in [2.05, 4.69) is 20.9 Å². The van der Waals surface area contributed by atoms with E-state index >= 15 is 0 Å². The number of ether oxygens (including phenoxy) is 3. The number of aromatic nitrogens is 1. The summed E-state index contributed by atoms with van der Waals surface area (Å²) in [5.74, 6) is 0.573. The predicted molar refractivity (Wildman–Crippen MR) is 163 cm³/mol. The third-order valence-electron chi connectivity index (χ3n) is 6.48. The van der Waals surface area contributed by atoms with Crippen molar-refractivity contribution in [2.75, 3.05) is 13.7 Å². The number of thiazole rings is 1. The summed E-state index contributed by atoms with van der Waals surface area (Å²) in [6.45, 7) is 4.07. The van der Waals surface area contributed by atoms with Gasteiger partial charge in [0.1, 0.15) is 6.61 Å². The number of hydrogen-bond donors (Lipinski definition) is 0. The molecule has 0 N–H and O–H groups in total. The molecule has 0 spiro atoms.